The number of pyridine rings is 2. The van der Waals surface area contributed by atoms with Gasteiger partial charge in [0.2, 0.25) is 0 Å². The summed E-state index contributed by atoms with van der Waals surface area (Å²) in [6.07, 6.45) is 4.19. The number of allylic oxidation sites excluding steroid dienone is 1. The molecule has 7 nitrogen and oxygen atoms in total. The number of H-pyrrole nitrogens is 1. The van der Waals surface area contributed by atoms with Crippen molar-refractivity contribution in [3.8, 4) is 28.3 Å². The summed E-state index contributed by atoms with van der Waals surface area (Å²) in [6, 6.07) is 7.68. The molecule has 0 fully saturated rings. The molecule has 0 unspecified atom stereocenters. The number of aromatic amines is 1. The van der Waals surface area contributed by atoms with E-state index >= 15 is 0 Å². The number of carbonyl (C=O) groups excluding carboxylic acids is 1. The molecule has 150 valence electrons. The molecular formula is C22H25N5O2. The van der Waals surface area contributed by atoms with E-state index < -0.39 is 0 Å². The Kier molecular flexibility index (Phi) is 7.42. The third-order valence-corrected chi connectivity index (χ3v) is 4.09. The summed E-state index contributed by atoms with van der Waals surface area (Å²) < 4.78 is 5.21. The van der Waals surface area contributed by atoms with Crippen molar-refractivity contribution in [2.45, 2.75) is 13.8 Å². The van der Waals surface area contributed by atoms with Gasteiger partial charge in [-0.15, -0.1) is 0 Å². The van der Waals surface area contributed by atoms with Crippen LogP contribution in [0.2, 0.25) is 0 Å². The van der Waals surface area contributed by atoms with Gasteiger partial charge in [0, 0.05) is 18.8 Å². The zero-order valence-electron chi connectivity index (χ0n) is 17.1. The third kappa shape index (κ3) is 4.76. The Hall–Kier alpha value is -3.74. The van der Waals surface area contributed by atoms with E-state index in [1.54, 1.807) is 19.5 Å². The van der Waals surface area contributed by atoms with Crippen LogP contribution >= 0.6 is 0 Å². The van der Waals surface area contributed by atoms with E-state index in [-0.39, 0.29) is 0 Å². The van der Waals surface area contributed by atoms with E-state index in [1.807, 2.05) is 38.2 Å². The molecule has 3 heterocycles. The minimum Gasteiger partial charge on any atom is -0.495 e. The molecule has 0 bridgehead atoms. The number of rotatable bonds is 6. The predicted octanol–water partition coefficient (Wildman–Crippen LogP) is 4.76. The van der Waals surface area contributed by atoms with Crippen LogP contribution in [0.15, 0.2) is 48.2 Å². The maximum Gasteiger partial charge on any atom is 0.137 e. The summed E-state index contributed by atoms with van der Waals surface area (Å²) >= 11 is 0. The maximum absolute atomic E-state index is 8.81. The highest BCUT2D eigenvalue weighted by molar-refractivity contribution is 5.94. The SMILES string of the molecule is C=Nc1c(C(=C)C)[nH]c(-c2ccnc(NC)c2)c1-c1ccc(OC)cn1.CC=O. The van der Waals surface area contributed by atoms with E-state index in [0.717, 1.165) is 51.6 Å². The molecule has 0 radical (unpaired) electrons. The van der Waals surface area contributed by atoms with Crippen molar-refractivity contribution in [1.82, 2.24) is 15.0 Å². The molecule has 3 rings (SSSR count). The first-order valence-corrected chi connectivity index (χ1v) is 8.93. The van der Waals surface area contributed by atoms with Gasteiger partial charge in [-0.05, 0) is 50.4 Å². The van der Waals surface area contributed by atoms with Crippen LogP contribution in [0.25, 0.3) is 28.1 Å². The first kappa shape index (κ1) is 21.6. The summed E-state index contributed by atoms with van der Waals surface area (Å²) in [6.45, 7) is 11.2. The average molecular weight is 391 g/mol. The Bertz CT molecular complexity index is 1010. The number of aldehydes is 1. The Morgan fingerprint density at radius 1 is 1.31 bits per heavy atom. The Labute approximate surface area is 170 Å². The monoisotopic (exact) mass is 391 g/mol. The normalized spacial score (nSPS) is 9.79. The summed E-state index contributed by atoms with van der Waals surface area (Å²) in [5.74, 6) is 1.47. The van der Waals surface area contributed by atoms with Crippen LogP contribution < -0.4 is 10.1 Å². The molecule has 3 aromatic heterocycles. The van der Waals surface area contributed by atoms with Crippen LogP contribution in [0, 0.1) is 0 Å². The fourth-order valence-electron chi connectivity index (χ4n) is 2.79. The molecule has 29 heavy (non-hydrogen) atoms. The number of hydrogen-bond acceptors (Lipinski definition) is 6. The molecule has 0 spiro atoms. The average Bonchev–Trinajstić information content (AvgIpc) is 3.14. The van der Waals surface area contributed by atoms with E-state index in [9.17, 15) is 0 Å². The first-order chi connectivity index (χ1) is 14.0. The Morgan fingerprint density at radius 3 is 2.55 bits per heavy atom. The van der Waals surface area contributed by atoms with Gasteiger partial charge in [0.05, 0.1) is 41.6 Å². The van der Waals surface area contributed by atoms with Gasteiger partial charge in [0.25, 0.3) is 0 Å². The zero-order chi connectivity index (χ0) is 21.4. The zero-order valence-corrected chi connectivity index (χ0v) is 17.1. The van der Waals surface area contributed by atoms with E-state index in [0.29, 0.717) is 5.75 Å². The summed E-state index contributed by atoms with van der Waals surface area (Å²) in [5, 5.41) is 3.06. The number of carbonyl (C=O) groups is 1. The van der Waals surface area contributed by atoms with Gasteiger partial charge in [-0.3, -0.25) is 9.98 Å². The molecule has 2 N–H and O–H groups in total. The van der Waals surface area contributed by atoms with Gasteiger partial charge in [0.15, 0.2) is 0 Å². The highest BCUT2D eigenvalue weighted by Crippen LogP contribution is 2.43. The molecule has 0 atom stereocenters. The van der Waals surface area contributed by atoms with E-state index in [4.69, 9.17) is 9.53 Å². The fraction of sp³-hybridized carbons (Fsp3) is 0.182. The number of anilines is 1. The lowest BCUT2D eigenvalue weighted by Gasteiger charge is -2.07. The molecule has 0 saturated heterocycles. The molecule has 0 amide bonds. The van der Waals surface area contributed by atoms with Crippen LogP contribution in [0.5, 0.6) is 5.75 Å². The lowest BCUT2D eigenvalue weighted by molar-refractivity contribution is -0.106. The smallest absolute Gasteiger partial charge is 0.137 e. The Morgan fingerprint density at radius 2 is 2.03 bits per heavy atom. The summed E-state index contributed by atoms with van der Waals surface area (Å²) in [7, 11) is 3.45. The van der Waals surface area contributed by atoms with Crippen molar-refractivity contribution in [1.29, 1.82) is 0 Å². The van der Waals surface area contributed by atoms with Crippen molar-refractivity contribution in [3.63, 3.8) is 0 Å². The number of methoxy groups -OCH3 is 1. The number of nitrogens with zero attached hydrogens (tertiary/aromatic N) is 3. The van der Waals surface area contributed by atoms with Crippen LogP contribution in [-0.2, 0) is 4.79 Å². The van der Waals surface area contributed by atoms with Crippen molar-refractivity contribution in [2.24, 2.45) is 4.99 Å². The lowest BCUT2D eigenvalue weighted by Crippen LogP contribution is -1.93. The summed E-state index contributed by atoms with van der Waals surface area (Å²) in [4.78, 5) is 25.3. The quantitative estimate of drug-likeness (QED) is 0.467. The van der Waals surface area contributed by atoms with Gasteiger partial charge in [0.1, 0.15) is 17.9 Å². The standard InChI is InChI=1S/C20H21N5O.C2H4O/c1-12(2)18-20(22-4)17(15-7-6-14(26-5)11-24-15)19(25-18)13-8-9-23-16(10-13)21-3;1-2-3/h6-11,25H,1,4H2,2-3,5H3,(H,21,23);2H,1H3. The topological polar surface area (TPSA) is 92.3 Å². The van der Waals surface area contributed by atoms with Gasteiger partial charge >= 0.3 is 0 Å². The molecular weight excluding hydrogens is 366 g/mol. The number of aliphatic imine (C=N–C) groups is 1. The number of hydrogen-bond donors (Lipinski definition) is 2. The first-order valence-electron chi connectivity index (χ1n) is 8.93. The van der Waals surface area contributed by atoms with Crippen LogP contribution in [0.1, 0.15) is 19.5 Å². The molecule has 0 aromatic carbocycles. The predicted molar refractivity (Wildman–Crippen MR) is 119 cm³/mol. The molecule has 7 heteroatoms. The van der Waals surface area contributed by atoms with Gasteiger partial charge < -0.3 is 19.8 Å². The number of aromatic nitrogens is 3. The molecule has 0 aliphatic carbocycles. The fourth-order valence-corrected chi connectivity index (χ4v) is 2.79. The minimum absolute atomic E-state index is 0.695. The molecule has 0 aliphatic heterocycles. The third-order valence-electron chi connectivity index (χ3n) is 4.09. The van der Waals surface area contributed by atoms with E-state index in [2.05, 4.69) is 38.6 Å². The van der Waals surface area contributed by atoms with Gasteiger partial charge in [-0.1, -0.05) is 6.58 Å². The van der Waals surface area contributed by atoms with Crippen LogP contribution in [0.4, 0.5) is 11.5 Å². The minimum atomic E-state index is 0.695. The number of ether oxygens (including phenoxy) is 1. The van der Waals surface area contributed by atoms with Crippen molar-refractivity contribution in [2.75, 3.05) is 19.5 Å². The van der Waals surface area contributed by atoms with Crippen molar-refractivity contribution >= 4 is 30.1 Å². The van der Waals surface area contributed by atoms with Crippen LogP contribution in [-0.4, -0.2) is 42.1 Å². The highest BCUT2D eigenvalue weighted by Gasteiger charge is 2.21. The van der Waals surface area contributed by atoms with E-state index in [1.165, 1.54) is 6.92 Å². The van der Waals surface area contributed by atoms with Crippen LogP contribution in [0.3, 0.4) is 0 Å². The van der Waals surface area contributed by atoms with Crippen molar-refractivity contribution in [3.05, 3.63) is 48.9 Å². The second-order valence-electron chi connectivity index (χ2n) is 6.04. The number of nitrogens with one attached hydrogen (secondary N) is 2. The maximum atomic E-state index is 8.81. The summed E-state index contributed by atoms with van der Waals surface area (Å²) in [5.41, 5.74) is 5.94. The second-order valence-corrected chi connectivity index (χ2v) is 6.04. The largest absolute Gasteiger partial charge is 0.495 e. The molecule has 0 aliphatic rings. The highest BCUT2D eigenvalue weighted by atomic mass is 16.5. The molecule has 0 saturated carbocycles. The molecule has 3 aromatic rings. The Balaban J connectivity index is 0.000000941. The lowest BCUT2D eigenvalue weighted by atomic mass is 10.0. The van der Waals surface area contributed by atoms with Gasteiger partial charge in [-0.2, -0.15) is 0 Å². The van der Waals surface area contributed by atoms with Crippen molar-refractivity contribution < 1.29 is 9.53 Å². The van der Waals surface area contributed by atoms with Gasteiger partial charge in [-0.25, -0.2) is 4.98 Å². The second kappa shape index (κ2) is 9.98.